The second-order valence-corrected chi connectivity index (χ2v) is 5.22. The highest BCUT2D eigenvalue weighted by atomic mass is 16.3. The molecule has 2 aromatic rings. The summed E-state index contributed by atoms with van der Waals surface area (Å²) in [5.74, 6) is 1.03. The van der Waals surface area contributed by atoms with Crippen molar-refractivity contribution >= 4 is 0 Å². The van der Waals surface area contributed by atoms with Crippen LogP contribution in [0.2, 0.25) is 0 Å². The van der Waals surface area contributed by atoms with E-state index >= 15 is 0 Å². The summed E-state index contributed by atoms with van der Waals surface area (Å²) in [7, 11) is 2.01. The number of nitrogens with zero attached hydrogens (tertiary/aromatic N) is 3. The van der Waals surface area contributed by atoms with Gasteiger partial charge >= 0.3 is 0 Å². The molecule has 1 aromatic heterocycles. The second kappa shape index (κ2) is 7.22. The summed E-state index contributed by atoms with van der Waals surface area (Å²) in [5, 5.41) is 9.69. The van der Waals surface area contributed by atoms with E-state index in [0.717, 1.165) is 25.3 Å². The van der Waals surface area contributed by atoms with Gasteiger partial charge < -0.3 is 9.67 Å². The molecule has 0 fully saturated rings. The minimum atomic E-state index is -0.266. The molecule has 0 saturated carbocycles. The third-order valence-corrected chi connectivity index (χ3v) is 3.40. The Morgan fingerprint density at radius 3 is 2.75 bits per heavy atom. The molecule has 0 aliphatic heterocycles. The van der Waals surface area contributed by atoms with Gasteiger partial charge in [-0.15, -0.1) is 0 Å². The first-order chi connectivity index (χ1) is 9.69. The SMILES string of the molecule is CC[C@@H](O)CN(C)Cc1nccn1Cc1ccccc1. The quantitative estimate of drug-likeness (QED) is 0.840. The number of likely N-dealkylation sites (N-methyl/N-ethyl adjacent to an activating group) is 1. The Balaban J connectivity index is 1.98. The van der Waals surface area contributed by atoms with Crippen LogP contribution in [-0.4, -0.2) is 39.3 Å². The largest absolute Gasteiger partial charge is 0.392 e. The number of rotatable bonds is 7. The number of benzene rings is 1. The van der Waals surface area contributed by atoms with Gasteiger partial charge in [0, 0.05) is 25.5 Å². The first-order valence-corrected chi connectivity index (χ1v) is 7.09. The highest BCUT2D eigenvalue weighted by molar-refractivity contribution is 5.15. The van der Waals surface area contributed by atoms with Crippen LogP contribution in [0.3, 0.4) is 0 Å². The molecule has 0 aliphatic carbocycles. The molecule has 1 atom stereocenters. The zero-order chi connectivity index (χ0) is 14.4. The fourth-order valence-electron chi connectivity index (χ4n) is 2.21. The summed E-state index contributed by atoms with van der Waals surface area (Å²) in [6, 6.07) is 10.4. The minimum Gasteiger partial charge on any atom is -0.392 e. The van der Waals surface area contributed by atoms with E-state index < -0.39 is 0 Å². The van der Waals surface area contributed by atoms with E-state index in [2.05, 4.69) is 38.7 Å². The van der Waals surface area contributed by atoms with Crippen molar-refractivity contribution in [3.63, 3.8) is 0 Å². The monoisotopic (exact) mass is 273 g/mol. The lowest BCUT2D eigenvalue weighted by Gasteiger charge is -2.20. The van der Waals surface area contributed by atoms with Gasteiger partial charge in [-0.25, -0.2) is 4.98 Å². The van der Waals surface area contributed by atoms with Crippen LogP contribution in [0, 0.1) is 0 Å². The standard InChI is InChI=1S/C16H23N3O/c1-3-15(20)12-18(2)13-16-17-9-10-19(16)11-14-7-5-4-6-8-14/h4-10,15,20H,3,11-13H2,1-2H3/t15-/m1/s1. The van der Waals surface area contributed by atoms with Gasteiger partial charge in [-0.2, -0.15) is 0 Å². The van der Waals surface area contributed by atoms with E-state index in [1.54, 1.807) is 0 Å². The smallest absolute Gasteiger partial charge is 0.123 e. The molecule has 108 valence electrons. The molecule has 0 aliphatic rings. The number of aliphatic hydroxyl groups is 1. The molecule has 0 unspecified atom stereocenters. The molecule has 1 aromatic carbocycles. The fourth-order valence-corrected chi connectivity index (χ4v) is 2.21. The zero-order valence-electron chi connectivity index (χ0n) is 12.2. The molecule has 0 saturated heterocycles. The average molecular weight is 273 g/mol. The van der Waals surface area contributed by atoms with Crippen LogP contribution in [-0.2, 0) is 13.1 Å². The van der Waals surface area contributed by atoms with Crippen molar-refractivity contribution in [2.75, 3.05) is 13.6 Å². The van der Waals surface area contributed by atoms with Crippen molar-refractivity contribution in [1.82, 2.24) is 14.5 Å². The Hall–Kier alpha value is -1.65. The number of hydrogen-bond donors (Lipinski definition) is 1. The third-order valence-electron chi connectivity index (χ3n) is 3.40. The molecule has 1 heterocycles. The minimum absolute atomic E-state index is 0.266. The van der Waals surface area contributed by atoms with Crippen LogP contribution >= 0.6 is 0 Å². The maximum atomic E-state index is 9.69. The molecule has 2 rings (SSSR count). The molecule has 0 spiro atoms. The summed E-state index contributed by atoms with van der Waals surface area (Å²) in [6.45, 7) is 4.25. The Bertz CT molecular complexity index is 509. The normalized spacial score (nSPS) is 12.8. The second-order valence-electron chi connectivity index (χ2n) is 5.22. The van der Waals surface area contributed by atoms with Gasteiger partial charge in [-0.3, -0.25) is 4.90 Å². The van der Waals surface area contributed by atoms with Crippen LogP contribution in [0.15, 0.2) is 42.7 Å². The Labute approximate surface area is 120 Å². The Kier molecular flexibility index (Phi) is 5.32. The molecule has 1 N–H and O–H groups in total. The number of aliphatic hydroxyl groups excluding tert-OH is 1. The number of imidazole rings is 1. The molecular formula is C16H23N3O. The highest BCUT2D eigenvalue weighted by Crippen LogP contribution is 2.08. The lowest BCUT2D eigenvalue weighted by Crippen LogP contribution is -2.29. The van der Waals surface area contributed by atoms with E-state index in [1.807, 2.05) is 32.4 Å². The molecule has 20 heavy (non-hydrogen) atoms. The summed E-state index contributed by atoms with van der Waals surface area (Å²) >= 11 is 0. The zero-order valence-corrected chi connectivity index (χ0v) is 12.2. The lowest BCUT2D eigenvalue weighted by atomic mass is 10.2. The Morgan fingerprint density at radius 2 is 2.05 bits per heavy atom. The van der Waals surface area contributed by atoms with E-state index in [0.29, 0.717) is 6.54 Å². The molecule has 4 heteroatoms. The molecule has 4 nitrogen and oxygen atoms in total. The molecule has 0 radical (unpaired) electrons. The summed E-state index contributed by atoms with van der Waals surface area (Å²) < 4.78 is 2.16. The summed E-state index contributed by atoms with van der Waals surface area (Å²) in [6.07, 6.45) is 4.36. The van der Waals surface area contributed by atoms with Crippen LogP contribution < -0.4 is 0 Å². The van der Waals surface area contributed by atoms with Crippen molar-refractivity contribution in [3.05, 3.63) is 54.1 Å². The lowest BCUT2D eigenvalue weighted by molar-refractivity contribution is 0.118. The van der Waals surface area contributed by atoms with Crippen LogP contribution in [0.4, 0.5) is 0 Å². The summed E-state index contributed by atoms with van der Waals surface area (Å²) in [4.78, 5) is 6.53. The van der Waals surface area contributed by atoms with Gasteiger partial charge in [0.2, 0.25) is 0 Å². The number of aromatic nitrogens is 2. The van der Waals surface area contributed by atoms with E-state index in [1.165, 1.54) is 5.56 Å². The topological polar surface area (TPSA) is 41.3 Å². The predicted octanol–water partition coefficient (Wildman–Crippen LogP) is 2.13. The van der Waals surface area contributed by atoms with Crippen molar-refractivity contribution in [1.29, 1.82) is 0 Å². The van der Waals surface area contributed by atoms with E-state index in [9.17, 15) is 5.11 Å². The van der Waals surface area contributed by atoms with Crippen LogP contribution in [0.25, 0.3) is 0 Å². The molecule has 0 amide bonds. The maximum Gasteiger partial charge on any atom is 0.123 e. The van der Waals surface area contributed by atoms with Crippen molar-refractivity contribution in [2.24, 2.45) is 0 Å². The summed E-state index contributed by atoms with van der Waals surface area (Å²) in [5.41, 5.74) is 1.27. The van der Waals surface area contributed by atoms with Gasteiger partial charge in [0.25, 0.3) is 0 Å². The Morgan fingerprint density at radius 1 is 1.30 bits per heavy atom. The van der Waals surface area contributed by atoms with Crippen LogP contribution in [0.5, 0.6) is 0 Å². The highest BCUT2D eigenvalue weighted by Gasteiger charge is 2.10. The van der Waals surface area contributed by atoms with Crippen molar-refractivity contribution < 1.29 is 5.11 Å². The van der Waals surface area contributed by atoms with E-state index in [4.69, 9.17) is 0 Å². The van der Waals surface area contributed by atoms with Crippen molar-refractivity contribution in [2.45, 2.75) is 32.5 Å². The van der Waals surface area contributed by atoms with Crippen LogP contribution in [0.1, 0.15) is 24.7 Å². The predicted molar refractivity (Wildman–Crippen MR) is 80.4 cm³/mol. The van der Waals surface area contributed by atoms with Gasteiger partial charge in [0.05, 0.1) is 12.6 Å². The average Bonchev–Trinajstić information content (AvgIpc) is 2.86. The first kappa shape index (κ1) is 14.8. The maximum absolute atomic E-state index is 9.69. The van der Waals surface area contributed by atoms with Gasteiger partial charge in [-0.1, -0.05) is 37.3 Å². The fraction of sp³-hybridized carbons (Fsp3) is 0.438. The number of hydrogen-bond acceptors (Lipinski definition) is 3. The third kappa shape index (κ3) is 4.18. The molecule has 0 bridgehead atoms. The van der Waals surface area contributed by atoms with E-state index in [-0.39, 0.29) is 6.10 Å². The van der Waals surface area contributed by atoms with Gasteiger partial charge in [0.1, 0.15) is 5.82 Å². The van der Waals surface area contributed by atoms with Gasteiger partial charge in [0.15, 0.2) is 0 Å². The van der Waals surface area contributed by atoms with Crippen molar-refractivity contribution in [3.8, 4) is 0 Å². The van der Waals surface area contributed by atoms with Gasteiger partial charge in [-0.05, 0) is 19.0 Å². The molecular weight excluding hydrogens is 250 g/mol. The first-order valence-electron chi connectivity index (χ1n) is 7.09.